The van der Waals surface area contributed by atoms with Crippen LogP contribution in [0.1, 0.15) is 23.5 Å². The molecule has 0 unspecified atom stereocenters. The van der Waals surface area contributed by atoms with E-state index in [1.807, 2.05) is 0 Å². The molecule has 0 spiro atoms. The standard InChI is InChI=1S/C8H13N5O2/c14-5-6-1-3-13(4-2-6)8(15)7-9-11-12-10-7/h6,14H,1-5H2,(H,9,10,11,12). The normalized spacial score (nSPS) is 18.1. The summed E-state index contributed by atoms with van der Waals surface area (Å²) in [6, 6.07) is 0. The minimum absolute atomic E-state index is 0.109. The Kier molecular flexibility index (Phi) is 2.91. The smallest absolute Gasteiger partial charge is 0.295 e. The second-order valence-corrected chi connectivity index (χ2v) is 3.65. The number of H-pyrrole nitrogens is 1. The minimum Gasteiger partial charge on any atom is -0.396 e. The van der Waals surface area contributed by atoms with Crippen molar-refractivity contribution in [1.29, 1.82) is 0 Å². The third-order valence-electron chi connectivity index (χ3n) is 2.70. The van der Waals surface area contributed by atoms with Gasteiger partial charge in [0, 0.05) is 19.7 Å². The quantitative estimate of drug-likeness (QED) is 0.657. The predicted molar refractivity (Wildman–Crippen MR) is 49.9 cm³/mol. The maximum atomic E-state index is 11.7. The Morgan fingerprint density at radius 1 is 1.53 bits per heavy atom. The first-order valence-electron chi connectivity index (χ1n) is 4.95. The van der Waals surface area contributed by atoms with Crippen molar-refractivity contribution in [3.05, 3.63) is 5.82 Å². The first-order chi connectivity index (χ1) is 7.31. The third-order valence-corrected chi connectivity index (χ3v) is 2.70. The lowest BCUT2D eigenvalue weighted by Gasteiger charge is -2.30. The van der Waals surface area contributed by atoms with Crippen LogP contribution in [0.3, 0.4) is 0 Å². The Balaban J connectivity index is 1.93. The molecule has 2 N–H and O–H groups in total. The zero-order valence-electron chi connectivity index (χ0n) is 8.26. The second kappa shape index (κ2) is 4.35. The Bertz CT molecular complexity index is 318. The fraction of sp³-hybridized carbons (Fsp3) is 0.750. The van der Waals surface area contributed by atoms with Gasteiger partial charge >= 0.3 is 0 Å². The third kappa shape index (κ3) is 2.12. The molecule has 0 bridgehead atoms. The van der Waals surface area contributed by atoms with Gasteiger partial charge in [-0.25, -0.2) is 0 Å². The topological polar surface area (TPSA) is 95.0 Å². The molecule has 2 heterocycles. The van der Waals surface area contributed by atoms with Crippen molar-refractivity contribution in [3.8, 4) is 0 Å². The summed E-state index contributed by atoms with van der Waals surface area (Å²) in [5, 5.41) is 21.8. The predicted octanol–water partition coefficient (Wildman–Crippen LogP) is -0.956. The fourth-order valence-corrected chi connectivity index (χ4v) is 1.71. The first kappa shape index (κ1) is 10.0. The molecule has 1 aromatic rings. The van der Waals surface area contributed by atoms with Gasteiger partial charge in [-0.05, 0) is 24.0 Å². The van der Waals surface area contributed by atoms with E-state index in [-0.39, 0.29) is 18.3 Å². The molecule has 0 saturated carbocycles. The number of rotatable bonds is 2. The molecule has 0 aromatic carbocycles. The summed E-state index contributed by atoms with van der Waals surface area (Å²) < 4.78 is 0. The fourth-order valence-electron chi connectivity index (χ4n) is 1.71. The van der Waals surface area contributed by atoms with Crippen LogP contribution in [-0.4, -0.2) is 56.2 Å². The van der Waals surface area contributed by atoms with Crippen molar-refractivity contribution < 1.29 is 9.90 Å². The van der Waals surface area contributed by atoms with E-state index < -0.39 is 0 Å². The molecule has 1 aliphatic rings. The number of hydrogen-bond acceptors (Lipinski definition) is 5. The largest absolute Gasteiger partial charge is 0.396 e. The number of aliphatic hydroxyl groups excluding tert-OH is 1. The van der Waals surface area contributed by atoms with Crippen molar-refractivity contribution in [3.63, 3.8) is 0 Å². The number of aromatic amines is 1. The van der Waals surface area contributed by atoms with Gasteiger partial charge in [0.2, 0.25) is 0 Å². The molecular formula is C8H13N5O2. The molecule has 0 atom stereocenters. The highest BCUT2D eigenvalue weighted by Crippen LogP contribution is 2.17. The van der Waals surface area contributed by atoms with Gasteiger partial charge in [0.15, 0.2) is 0 Å². The van der Waals surface area contributed by atoms with Gasteiger partial charge in [0.25, 0.3) is 11.7 Å². The van der Waals surface area contributed by atoms with Crippen LogP contribution in [0, 0.1) is 5.92 Å². The van der Waals surface area contributed by atoms with Crippen molar-refractivity contribution >= 4 is 5.91 Å². The summed E-state index contributed by atoms with van der Waals surface area (Å²) in [6.45, 7) is 1.50. The molecule has 7 nitrogen and oxygen atoms in total. The number of hydrogen-bond donors (Lipinski definition) is 2. The molecule has 7 heteroatoms. The van der Waals surface area contributed by atoms with Crippen molar-refractivity contribution in [2.75, 3.05) is 19.7 Å². The van der Waals surface area contributed by atoms with Gasteiger partial charge in [-0.3, -0.25) is 4.79 Å². The maximum absolute atomic E-state index is 11.7. The van der Waals surface area contributed by atoms with E-state index >= 15 is 0 Å². The number of likely N-dealkylation sites (tertiary alicyclic amines) is 1. The molecule has 1 amide bonds. The van der Waals surface area contributed by atoms with Gasteiger partial charge in [-0.1, -0.05) is 0 Å². The zero-order valence-corrected chi connectivity index (χ0v) is 8.26. The summed E-state index contributed by atoms with van der Waals surface area (Å²) >= 11 is 0. The Labute approximate surface area is 86.5 Å². The van der Waals surface area contributed by atoms with Crippen LogP contribution in [0.4, 0.5) is 0 Å². The Hall–Kier alpha value is -1.50. The van der Waals surface area contributed by atoms with Crippen LogP contribution in [0.15, 0.2) is 0 Å². The number of piperidine rings is 1. The SMILES string of the molecule is O=C(c1nn[nH]n1)N1CCC(CO)CC1. The van der Waals surface area contributed by atoms with E-state index in [0.29, 0.717) is 19.0 Å². The summed E-state index contributed by atoms with van der Waals surface area (Å²) in [5.41, 5.74) is 0. The second-order valence-electron chi connectivity index (χ2n) is 3.65. The molecule has 0 radical (unpaired) electrons. The average molecular weight is 211 g/mol. The van der Waals surface area contributed by atoms with Crippen molar-refractivity contribution in [1.82, 2.24) is 25.5 Å². The highest BCUT2D eigenvalue weighted by atomic mass is 16.3. The van der Waals surface area contributed by atoms with Crippen LogP contribution in [0.25, 0.3) is 0 Å². The molecular weight excluding hydrogens is 198 g/mol. The Morgan fingerprint density at radius 2 is 2.27 bits per heavy atom. The molecule has 2 rings (SSSR count). The van der Waals surface area contributed by atoms with Gasteiger partial charge in [0.1, 0.15) is 0 Å². The van der Waals surface area contributed by atoms with Crippen LogP contribution >= 0.6 is 0 Å². The van der Waals surface area contributed by atoms with E-state index in [9.17, 15) is 4.79 Å². The lowest BCUT2D eigenvalue weighted by atomic mass is 9.98. The van der Waals surface area contributed by atoms with Gasteiger partial charge in [0.05, 0.1) is 0 Å². The molecule has 1 fully saturated rings. The first-order valence-corrected chi connectivity index (χ1v) is 4.95. The van der Waals surface area contributed by atoms with E-state index in [2.05, 4.69) is 20.6 Å². The number of aromatic nitrogens is 4. The van der Waals surface area contributed by atoms with Crippen LogP contribution in [0.5, 0.6) is 0 Å². The van der Waals surface area contributed by atoms with Crippen LogP contribution in [-0.2, 0) is 0 Å². The van der Waals surface area contributed by atoms with E-state index in [4.69, 9.17) is 5.11 Å². The highest BCUT2D eigenvalue weighted by Gasteiger charge is 2.25. The number of aliphatic hydroxyl groups is 1. The van der Waals surface area contributed by atoms with Crippen LogP contribution < -0.4 is 0 Å². The summed E-state index contributed by atoms with van der Waals surface area (Å²) in [5.74, 6) is 0.233. The summed E-state index contributed by atoms with van der Waals surface area (Å²) in [7, 11) is 0. The van der Waals surface area contributed by atoms with E-state index in [1.165, 1.54) is 0 Å². The van der Waals surface area contributed by atoms with E-state index in [0.717, 1.165) is 12.8 Å². The number of nitrogens with one attached hydrogen (secondary N) is 1. The van der Waals surface area contributed by atoms with Gasteiger partial charge < -0.3 is 10.0 Å². The molecule has 1 saturated heterocycles. The summed E-state index contributed by atoms with van der Waals surface area (Å²) in [6.07, 6.45) is 1.67. The Morgan fingerprint density at radius 3 is 2.80 bits per heavy atom. The number of carbonyl (C=O) groups is 1. The number of tetrazole rings is 1. The summed E-state index contributed by atoms with van der Waals surface area (Å²) in [4.78, 5) is 13.4. The number of nitrogens with zero attached hydrogens (tertiary/aromatic N) is 4. The molecule has 82 valence electrons. The molecule has 15 heavy (non-hydrogen) atoms. The monoisotopic (exact) mass is 211 g/mol. The number of carbonyl (C=O) groups excluding carboxylic acids is 1. The zero-order chi connectivity index (χ0) is 10.7. The molecule has 0 aliphatic carbocycles. The van der Waals surface area contributed by atoms with Crippen molar-refractivity contribution in [2.45, 2.75) is 12.8 Å². The average Bonchev–Trinajstić information content (AvgIpc) is 2.82. The van der Waals surface area contributed by atoms with Gasteiger partial charge in [-0.2, -0.15) is 5.21 Å². The minimum atomic E-state index is -0.194. The molecule has 1 aromatic heterocycles. The lowest BCUT2D eigenvalue weighted by Crippen LogP contribution is -2.39. The van der Waals surface area contributed by atoms with Crippen LogP contribution in [0.2, 0.25) is 0 Å². The molecule has 1 aliphatic heterocycles. The highest BCUT2D eigenvalue weighted by molar-refractivity contribution is 5.90. The number of amides is 1. The van der Waals surface area contributed by atoms with E-state index in [1.54, 1.807) is 4.90 Å². The maximum Gasteiger partial charge on any atom is 0.295 e. The van der Waals surface area contributed by atoms with Gasteiger partial charge in [-0.15, -0.1) is 10.2 Å². The van der Waals surface area contributed by atoms with Crippen molar-refractivity contribution in [2.24, 2.45) is 5.92 Å². The lowest BCUT2D eigenvalue weighted by molar-refractivity contribution is 0.0639.